The number of hydrogen-bond donors (Lipinski definition) is 2. The molecule has 1 amide bonds. The van der Waals surface area contributed by atoms with Gasteiger partial charge in [0.25, 0.3) is 0 Å². The Hall–Kier alpha value is -0.610. The number of ether oxygens (including phenoxy) is 1. The summed E-state index contributed by atoms with van der Waals surface area (Å²) in [5.41, 5.74) is 0. The Bertz CT molecular complexity index is 170. The summed E-state index contributed by atoms with van der Waals surface area (Å²) < 4.78 is 5.36. The van der Waals surface area contributed by atoms with Crippen molar-refractivity contribution in [2.24, 2.45) is 0 Å². The summed E-state index contributed by atoms with van der Waals surface area (Å²) in [6.07, 6.45) is 1.57. The van der Waals surface area contributed by atoms with Crippen molar-refractivity contribution in [1.82, 2.24) is 10.6 Å². The molecule has 0 saturated carbocycles. The van der Waals surface area contributed by atoms with Crippen LogP contribution in [-0.4, -0.2) is 38.3 Å². The molecule has 0 aliphatic heterocycles. The van der Waals surface area contributed by atoms with Gasteiger partial charge in [-0.1, -0.05) is 13.8 Å². The smallest absolute Gasteiger partial charge is 0.249 e. The number of nitrogens with one attached hydrogen (secondary N) is 2. The molecule has 4 nitrogen and oxygen atoms in total. The van der Waals surface area contributed by atoms with Gasteiger partial charge in [-0.2, -0.15) is 0 Å². The van der Waals surface area contributed by atoms with E-state index in [9.17, 15) is 4.79 Å². The van der Waals surface area contributed by atoms with Gasteiger partial charge in [-0.15, -0.1) is 0 Å². The summed E-state index contributed by atoms with van der Waals surface area (Å²) in [6.45, 7) is 7.26. The van der Waals surface area contributed by atoms with E-state index in [1.165, 1.54) is 0 Å². The first-order valence-corrected chi connectivity index (χ1v) is 5.72. The Morgan fingerprint density at radius 1 is 1.33 bits per heavy atom. The highest BCUT2D eigenvalue weighted by atomic mass is 16.5. The molecule has 90 valence electrons. The molecule has 1 unspecified atom stereocenters. The first-order chi connectivity index (χ1) is 7.15. The monoisotopic (exact) mass is 216 g/mol. The third-order valence-corrected chi connectivity index (χ3v) is 2.42. The van der Waals surface area contributed by atoms with Crippen LogP contribution in [0.15, 0.2) is 0 Å². The van der Waals surface area contributed by atoms with Gasteiger partial charge in [-0.25, -0.2) is 0 Å². The van der Waals surface area contributed by atoms with Gasteiger partial charge in [0.1, 0.15) is 6.10 Å². The van der Waals surface area contributed by atoms with Crippen LogP contribution < -0.4 is 10.6 Å². The lowest BCUT2D eigenvalue weighted by atomic mass is 10.1. The van der Waals surface area contributed by atoms with Crippen molar-refractivity contribution in [2.45, 2.75) is 45.8 Å². The zero-order valence-corrected chi connectivity index (χ0v) is 10.3. The van der Waals surface area contributed by atoms with Gasteiger partial charge < -0.3 is 15.4 Å². The van der Waals surface area contributed by atoms with Crippen molar-refractivity contribution in [2.75, 3.05) is 20.2 Å². The maximum absolute atomic E-state index is 11.6. The van der Waals surface area contributed by atoms with Crippen molar-refractivity contribution < 1.29 is 9.53 Å². The average molecular weight is 216 g/mol. The van der Waals surface area contributed by atoms with Crippen LogP contribution in [-0.2, 0) is 9.53 Å². The minimum Gasteiger partial charge on any atom is -0.367 e. The van der Waals surface area contributed by atoms with Crippen molar-refractivity contribution >= 4 is 5.91 Å². The second kappa shape index (κ2) is 8.68. The number of carbonyl (C=O) groups is 1. The molecule has 0 heterocycles. The van der Waals surface area contributed by atoms with Crippen molar-refractivity contribution in [3.8, 4) is 0 Å². The fourth-order valence-corrected chi connectivity index (χ4v) is 1.22. The van der Waals surface area contributed by atoms with Crippen LogP contribution in [0.4, 0.5) is 0 Å². The number of hydrogen-bond acceptors (Lipinski definition) is 3. The molecule has 4 heteroatoms. The minimum absolute atomic E-state index is 0.0141. The summed E-state index contributed by atoms with van der Waals surface area (Å²) in [5, 5.41) is 5.93. The third-order valence-electron chi connectivity index (χ3n) is 2.42. The van der Waals surface area contributed by atoms with Gasteiger partial charge in [0.15, 0.2) is 0 Å². The molecule has 0 aliphatic rings. The fourth-order valence-electron chi connectivity index (χ4n) is 1.22. The minimum atomic E-state index is -0.362. The molecule has 0 rings (SSSR count). The van der Waals surface area contributed by atoms with E-state index in [2.05, 4.69) is 24.5 Å². The molecule has 0 fully saturated rings. The van der Waals surface area contributed by atoms with E-state index in [1.54, 1.807) is 6.92 Å². The molecule has 0 aromatic heterocycles. The summed E-state index contributed by atoms with van der Waals surface area (Å²) in [7, 11) is 1.86. The summed E-state index contributed by atoms with van der Waals surface area (Å²) in [4.78, 5) is 11.6. The lowest BCUT2D eigenvalue weighted by Gasteiger charge is -2.18. The van der Waals surface area contributed by atoms with Gasteiger partial charge in [0.2, 0.25) is 5.91 Å². The number of amides is 1. The van der Waals surface area contributed by atoms with Crippen molar-refractivity contribution in [1.29, 1.82) is 0 Å². The molecule has 1 atom stereocenters. The van der Waals surface area contributed by atoms with Crippen LogP contribution in [0.5, 0.6) is 0 Å². The number of carbonyl (C=O) groups excluding carboxylic acids is 1. The van der Waals surface area contributed by atoms with Gasteiger partial charge in [-0.05, 0) is 26.8 Å². The highest BCUT2D eigenvalue weighted by Crippen LogP contribution is 1.98. The highest BCUT2D eigenvalue weighted by Gasteiger charge is 2.15. The Morgan fingerprint density at radius 3 is 2.40 bits per heavy atom. The van der Waals surface area contributed by atoms with Crippen molar-refractivity contribution in [3.63, 3.8) is 0 Å². The first-order valence-electron chi connectivity index (χ1n) is 5.72. The largest absolute Gasteiger partial charge is 0.367 e. The molecular formula is C11H24N2O2. The van der Waals surface area contributed by atoms with Crippen LogP contribution in [0.25, 0.3) is 0 Å². The maximum atomic E-state index is 11.6. The third kappa shape index (κ3) is 6.47. The zero-order valence-electron chi connectivity index (χ0n) is 10.3. The molecule has 0 aromatic rings. The van der Waals surface area contributed by atoms with E-state index in [0.717, 1.165) is 19.4 Å². The maximum Gasteiger partial charge on any atom is 0.249 e. The summed E-state index contributed by atoms with van der Waals surface area (Å²) >= 11 is 0. The molecule has 0 saturated heterocycles. The second-order valence-electron chi connectivity index (χ2n) is 3.64. The Balaban J connectivity index is 3.77. The predicted octanol–water partition coefficient (Wildman–Crippen LogP) is 0.916. The number of likely N-dealkylation sites (N-methyl/N-ethyl adjacent to an activating group) is 1. The van der Waals surface area contributed by atoms with E-state index in [4.69, 9.17) is 4.74 Å². The molecule has 0 bridgehead atoms. The quantitative estimate of drug-likeness (QED) is 0.593. The van der Waals surface area contributed by atoms with E-state index in [0.29, 0.717) is 6.61 Å². The molecular weight excluding hydrogens is 192 g/mol. The van der Waals surface area contributed by atoms with Gasteiger partial charge >= 0.3 is 0 Å². The van der Waals surface area contributed by atoms with E-state index < -0.39 is 0 Å². The Kier molecular flexibility index (Phi) is 8.33. The van der Waals surface area contributed by atoms with Crippen molar-refractivity contribution in [3.05, 3.63) is 0 Å². The SMILES string of the molecule is CCC(CC)NC(=O)C(C)OCCNC. The normalized spacial score (nSPS) is 12.9. The molecule has 0 aromatic carbocycles. The van der Waals surface area contributed by atoms with Crippen LogP contribution in [0.1, 0.15) is 33.6 Å². The second-order valence-corrected chi connectivity index (χ2v) is 3.64. The Labute approximate surface area is 92.8 Å². The predicted molar refractivity (Wildman–Crippen MR) is 61.9 cm³/mol. The number of rotatable bonds is 8. The molecule has 15 heavy (non-hydrogen) atoms. The first kappa shape index (κ1) is 14.4. The highest BCUT2D eigenvalue weighted by molar-refractivity contribution is 5.80. The van der Waals surface area contributed by atoms with Crippen LogP contribution >= 0.6 is 0 Å². The molecule has 0 radical (unpaired) electrons. The lowest BCUT2D eigenvalue weighted by Crippen LogP contribution is -2.41. The zero-order chi connectivity index (χ0) is 11.7. The van der Waals surface area contributed by atoms with Crippen LogP contribution in [0.2, 0.25) is 0 Å². The lowest BCUT2D eigenvalue weighted by molar-refractivity contribution is -0.132. The van der Waals surface area contributed by atoms with E-state index in [1.807, 2.05) is 7.05 Å². The standard InChI is InChI=1S/C11H24N2O2/c1-5-10(6-2)13-11(14)9(3)15-8-7-12-4/h9-10,12H,5-8H2,1-4H3,(H,13,14). The van der Waals surface area contributed by atoms with E-state index >= 15 is 0 Å². The topological polar surface area (TPSA) is 50.4 Å². The Morgan fingerprint density at radius 2 is 1.93 bits per heavy atom. The van der Waals surface area contributed by atoms with Gasteiger partial charge in [0.05, 0.1) is 6.61 Å². The average Bonchev–Trinajstić information content (AvgIpc) is 2.25. The summed E-state index contributed by atoms with van der Waals surface area (Å²) in [6, 6.07) is 0.271. The van der Waals surface area contributed by atoms with Crippen LogP contribution in [0, 0.1) is 0 Å². The molecule has 0 spiro atoms. The fraction of sp³-hybridized carbons (Fsp3) is 0.909. The van der Waals surface area contributed by atoms with Gasteiger partial charge in [-0.3, -0.25) is 4.79 Å². The van der Waals surface area contributed by atoms with Gasteiger partial charge in [0, 0.05) is 12.6 Å². The molecule has 2 N–H and O–H groups in total. The summed E-state index contributed by atoms with van der Waals surface area (Å²) in [5.74, 6) is -0.0141. The molecule has 0 aliphatic carbocycles. The van der Waals surface area contributed by atoms with E-state index in [-0.39, 0.29) is 18.1 Å². The van der Waals surface area contributed by atoms with Crippen LogP contribution in [0.3, 0.4) is 0 Å².